The highest BCUT2D eigenvalue weighted by atomic mass is 16.1. The van der Waals surface area contributed by atoms with Gasteiger partial charge in [-0.3, -0.25) is 9.78 Å². The third-order valence-electron chi connectivity index (χ3n) is 2.36. The lowest BCUT2D eigenvalue weighted by atomic mass is 9.98. The summed E-state index contributed by atoms with van der Waals surface area (Å²) < 4.78 is 0. The summed E-state index contributed by atoms with van der Waals surface area (Å²) in [6.45, 7) is 5.84. The van der Waals surface area contributed by atoms with Gasteiger partial charge in [0, 0.05) is 23.7 Å². The van der Waals surface area contributed by atoms with E-state index in [-0.39, 0.29) is 5.92 Å². The highest BCUT2D eigenvalue weighted by Gasteiger charge is 2.11. The predicted molar refractivity (Wildman–Crippen MR) is 57.1 cm³/mol. The second kappa shape index (κ2) is 4.89. The van der Waals surface area contributed by atoms with E-state index in [9.17, 15) is 4.79 Å². The Morgan fingerprint density at radius 2 is 2.21 bits per heavy atom. The molecule has 0 aliphatic carbocycles. The van der Waals surface area contributed by atoms with Gasteiger partial charge in [0.15, 0.2) is 0 Å². The largest absolute Gasteiger partial charge is 0.299 e. The van der Waals surface area contributed by atoms with Crippen molar-refractivity contribution in [3.05, 3.63) is 29.6 Å². The Bertz CT molecular complexity index is 320. The number of Topliss-reactive ketones (excluding diaryl/α,β-unsaturated/α-hetero) is 1. The van der Waals surface area contributed by atoms with Crippen molar-refractivity contribution in [1.29, 1.82) is 0 Å². The highest BCUT2D eigenvalue weighted by molar-refractivity contribution is 5.80. The monoisotopic (exact) mass is 191 g/mol. The minimum atomic E-state index is 0.0919. The van der Waals surface area contributed by atoms with Crippen LogP contribution >= 0.6 is 0 Å². The Morgan fingerprint density at radius 3 is 2.79 bits per heavy atom. The fourth-order valence-electron chi connectivity index (χ4n) is 1.49. The van der Waals surface area contributed by atoms with Gasteiger partial charge in [0.1, 0.15) is 5.78 Å². The fraction of sp³-hybridized carbons (Fsp3) is 0.500. The summed E-state index contributed by atoms with van der Waals surface area (Å²) in [5.41, 5.74) is 2.03. The van der Waals surface area contributed by atoms with E-state index in [0.29, 0.717) is 12.2 Å². The Hall–Kier alpha value is -1.18. The molecule has 1 aromatic rings. The van der Waals surface area contributed by atoms with Crippen molar-refractivity contribution in [1.82, 2.24) is 4.98 Å². The van der Waals surface area contributed by atoms with E-state index in [1.165, 1.54) is 0 Å². The fourth-order valence-corrected chi connectivity index (χ4v) is 1.49. The van der Waals surface area contributed by atoms with Gasteiger partial charge in [-0.05, 0) is 25.5 Å². The number of hydrogen-bond acceptors (Lipinski definition) is 2. The number of pyridine rings is 1. The van der Waals surface area contributed by atoms with Gasteiger partial charge in [-0.15, -0.1) is 0 Å². The summed E-state index contributed by atoms with van der Waals surface area (Å²) in [5, 5.41) is 0. The molecule has 0 saturated heterocycles. The summed E-state index contributed by atoms with van der Waals surface area (Å²) in [6.07, 6.45) is 1.38. The number of nitrogens with zero attached hydrogens (tertiary/aromatic N) is 1. The van der Waals surface area contributed by atoms with Crippen molar-refractivity contribution in [2.24, 2.45) is 5.92 Å². The lowest BCUT2D eigenvalue weighted by Crippen LogP contribution is -2.13. The molecule has 76 valence electrons. The van der Waals surface area contributed by atoms with Gasteiger partial charge in [0.2, 0.25) is 0 Å². The van der Waals surface area contributed by atoms with Crippen molar-refractivity contribution in [3.8, 4) is 0 Å². The molecule has 0 spiro atoms. The first-order chi connectivity index (χ1) is 6.63. The molecule has 2 heteroatoms. The Labute approximate surface area is 85.4 Å². The van der Waals surface area contributed by atoms with E-state index in [1.54, 1.807) is 0 Å². The number of hydrogen-bond donors (Lipinski definition) is 0. The summed E-state index contributed by atoms with van der Waals surface area (Å²) >= 11 is 0. The van der Waals surface area contributed by atoms with Gasteiger partial charge >= 0.3 is 0 Å². The molecule has 0 saturated carbocycles. The molecular formula is C12H17NO. The molecule has 0 radical (unpaired) electrons. The number of carbonyl (C=O) groups excluding carboxylic acids is 1. The molecular weight excluding hydrogens is 174 g/mol. The van der Waals surface area contributed by atoms with Crippen molar-refractivity contribution in [2.45, 2.75) is 33.6 Å². The first-order valence-corrected chi connectivity index (χ1v) is 5.08. The number of aryl methyl sites for hydroxylation is 1. The van der Waals surface area contributed by atoms with Crippen LogP contribution in [0.1, 0.15) is 31.7 Å². The average Bonchev–Trinajstić information content (AvgIpc) is 2.16. The lowest BCUT2D eigenvalue weighted by Gasteiger charge is -2.08. The average molecular weight is 191 g/mol. The summed E-state index contributed by atoms with van der Waals surface area (Å²) in [5.74, 6) is 0.405. The van der Waals surface area contributed by atoms with Gasteiger partial charge < -0.3 is 0 Å². The molecule has 2 nitrogen and oxygen atoms in total. The number of rotatable bonds is 4. The van der Waals surface area contributed by atoms with Crippen molar-refractivity contribution < 1.29 is 4.79 Å². The molecule has 1 aromatic heterocycles. The number of ketones is 1. The Morgan fingerprint density at radius 1 is 1.50 bits per heavy atom. The smallest absolute Gasteiger partial charge is 0.135 e. The van der Waals surface area contributed by atoms with Gasteiger partial charge in [-0.25, -0.2) is 0 Å². The first kappa shape index (κ1) is 10.9. The minimum absolute atomic E-state index is 0.0919. The normalized spacial score (nSPS) is 12.5. The van der Waals surface area contributed by atoms with Crippen LogP contribution in [0.5, 0.6) is 0 Å². The van der Waals surface area contributed by atoms with Crippen LogP contribution in [0.2, 0.25) is 0 Å². The van der Waals surface area contributed by atoms with Crippen LogP contribution in [0.15, 0.2) is 18.2 Å². The van der Waals surface area contributed by atoms with Crippen LogP contribution < -0.4 is 0 Å². The van der Waals surface area contributed by atoms with Gasteiger partial charge in [0.25, 0.3) is 0 Å². The molecule has 0 amide bonds. The van der Waals surface area contributed by atoms with Crippen molar-refractivity contribution >= 4 is 5.78 Å². The molecule has 0 bridgehead atoms. The van der Waals surface area contributed by atoms with Crippen LogP contribution in [0.3, 0.4) is 0 Å². The zero-order chi connectivity index (χ0) is 10.6. The molecule has 0 N–H and O–H groups in total. The second-order valence-corrected chi connectivity index (χ2v) is 3.70. The molecule has 0 fully saturated rings. The van der Waals surface area contributed by atoms with E-state index >= 15 is 0 Å². The maximum atomic E-state index is 11.4. The first-order valence-electron chi connectivity index (χ1n) is 5.08. The second-order valence-electron chi connectivity index (χ2n) is 3.70. The van der Waals surface area contributed by atoms with Gasteiger partial charge in [-0.2, -0.15) is 0 Å². The Kier molecular flexibility index (Phi) is 3.81. The van der Waals surface area contributed by atoms with Crippen LogP contribution in [0, 0.1) is 12.8 Å². The van der Waals surface area contributed by atoms with E-state index in [4.69, 9.17) is 0 Å². The van der Waals surface area contributed by atoms with E-state index < -0.39 is 0 Å². The maximum absolute atomic E-state index is 11.4. The van der Waals surface area contributed by atoms with Gasteiger partial charge in [-0.1, -0.05) is 19.9 Å². The number of carbonyl (C=O) groups is 1. The quantitative estimate of drug-likeness (QED) is 0.732. The third-order valence-corrected chi connectivity index (χ3v) is 2.36. The molecule has 1 unspecified atom stereocenters. The van der Waals surface area contributed by atoms with E-state index in [2.05, 4.69) is 4.98 Å². The predicted octanol–water partition coefficient (Wildman–Crippen LogP) is 2.55. The van der Waals surface area contributed by atoms with Crippen molar-refractivity contribution in [3.63, 3.8) is 0 Å². The van der Waals surface area contributed by atoms with Gasteiger partial charge in [0.05, 0.1) is 0 Å². The van der Waals surface area contributed by atoms with Crippen molar-refractivity contribution in [2.75, 3.05) is 0 Å². The molecule has 1 heterocycles. The lowest BCUT2D eigenvalue weighted by molar-refractivity contribution is -0.122. The summed E-state index contributed by atoms with van der Waals surface area (Å²) in [7, 11) is 0. The molecule has 14 heavy (non-hydrogen) atoms. The standard InChI is InChI=1S/C12H17NO/c1-4-12(14)9(2)8-11-7-5-6-10(3)13-11/h5-7,9H,4,8H2,1-3H3. The molecule has 0 aromatic carbocycles. The topological polar surface area (TPSA) is 30.0 Å². The van der Waals surface area contributed by atoms with Crippen LogP contribution in [0.25, 0.3) is 0 Å². The highest BCUT2D eigenvalue weighted by Crippen LogP contribution is 2.09. The molecule has 0 aliphatic rings. The SMILES string of the molecule is CCC(=O)C(C)Cc1cccc(C)n1. The Balaban J connectivity index is 2.64. The summed E-state index contributed by atoms with van der Waals surface area (Å²) in [4.78, 5) is 15.8. The number of aromatic nitrogens is 1. The zero-order valence-electron chi connectivity index (χ0n) is 9.08. The van der Waals surface area contributed by atoms with E-state index in [1.807, 2.05) is 39.0 Å². The zero-order valence-corrected chi connectivity index (χ0v) is 9.08. The van der Waals surface area contributed by atoms with Crippen LogP contribution in [-0.2, 0) is 11.2 Å². The summed E-state index contributed by atoms with van der Waals surface area (Å²) in [6, 6.07) is 5.93. The minimum Gasteiger partial charge on any atom is -0.299 e. The molecule has 1 rings (SSSR count). The maximum Gasteiger partial charge on any atom is 0.135 e. The van der Waals surface area contributed by atoms with E-state index in [0.717, 1.165) is 17.8 Å². The van der Waals surface area contributed by atoms with Crippen LogP contribution in [-0.4, -0.2) is 10.8 Å². The third kappa shape index (κ3) is 2.95. The van der Waals surface area contributed by atoms with Crippen LogP contribution in [0.4, 0.5) is 0 Å². The molecule has 1 atom stereocenters. The molecule has 0 aliphatic heterocycles.